The number of hydrogen-bond acceptors (Lipinski definition) is 1. The molecule has 0 bridgehead atoms. The van der Waals surface area contributed by atoms with Crippen LogP contribution in [0.1, 0.15) is 31.4 Å². The Morgan fingerprint density at radius 2 is 2.15 bits per heavy atom. The van der Waals surface area contributed by atoms with Crippen molar-refractivity contribution in [3.63, 3.8) is 0 Å². The van der Waals surface area contributed by atoms with Gasteiger partial charge in [-0.3, -0.25) is 4.99 Å². The van der Waals surface area contributed by atoms with Gasteiger partial charge in [-0.05, 0) is 30.9 Å². The zero-order valence-electron chi connectivity index (χ0n) is 8.25. The van der Waals surface area contributed by atoms with E-state index < -0.39 is 0 Å². The van der Waals surface area contributed by atoms with Crippen LogP contribution in [0.3, 0.4) is 0 Å². The minimum Gasteiger partial charge on any atom is -0.286 e. The summed E-state index contributed by atoms with van der Waals surface area (Å²) in [6, 6.07) is 9.10. The highest BCUT2D eigenvalue weighted by molar-refractivity contribution is 6.00. The maximum atomic E-state index is 4.66. The summed E-state index contributed by atoms with van der Waals surface area (Å²) in [5.41, 5.74) is 4.00. The Kier molecular flexibility index (Phi) is 2.17. The molecule has 0 N–H and O–H groups in total. The molecule has 1 heterocycles. The first-order chi connectivity index (χ1) is 6.31. The molecule has 0 aliphatic carbocycles. The van der Waals surface area contributed by atoms with Crippen molar-refractivity contribution in [2.75, 3.05) is 0 Å². The molecule has 0 spiro atoms. The van der Waals surface area contributed by atoms with E-state index in [1.54, 1.807) is 0 Å². The molecule has 0 aromatic heterocycles. The number of hydrogen-bond donors (Lipinski definition) is 0. The molecule has 0 saturated carbocycles. The normalized spacial score (nSPS) is 20.8. The van der Waals surface area contributed by atoms with E-state index in [4.69, 9.17) is 0 Å². The Morgan fingerprint density at radius 3 is 2.92 bits per heavy atom. The fourth-order valence-electron chi connectivity index (χ4n) is 1.93. The summed E-state index contributed by atoms with van der Waals surface area (Å²) >= 11 is 0. The molecule has 2 rings (SSSR count). The van der Waals surface area contributed by atoms with Crippen LogP contribution in [0.15, 0.2) is 29.3 Å². The third-order valence-electron chi connectivity index (χ3n) is 2.71. The summed E-state index contributed by atoms with van der Waals surface area (Å²) in [4.78, 5) is 4.66. The van der Waals surface area contributed by atoms with Crippen LogP contribution in [0, 0.1) is 0 Å². The number of rotatable bonds is 1. The van der Waals surface area contributed by atoms with Gasteiger partial charge in [-0.15, -0.1) is 0 Å². The second-order valence-corrected chi connectivity index (χ2v) is 3.64. The van der Waals surface area contributed by atoms with Crippen molar-refractivity contribution in [1.29, 1.82) is 0 Å². The average molecular weight is 173 g/mol. The number of nitrogens with zero attached hydrogens (tertiary/aromatic N) is 1. The smallest absolute Gasteiger partial charge is 0.0540 e. The first-order valence-corrected chi connectivity index (χ1v) is 4.94. The highest BCUT2D eigenvalue weighted by atomic mass is 14.8. The number of aliphatic imine (C=N–C) groups is 1. The van der Waals surface area contributed by atoms with Crippen molar-refractivity contribution < 1.29 is 0 Å². The van der Waals surface area contributed by atoms with Crippen LogP contribution >= 0.6 is 0 Å². The van der Waals surface area contributed by atoms with Crippen LogP contribution in [0.25, 0.3) is 0 Å². The van der Waals surface area contributed by atoms with Gasteiger partial charge in [0, 0.05) is 5.71 Å². The summed E-state index contributed by atoms with van der Waals surface area (Å²) in [6.07, 6.45) is 2.26. The molecule has 1 atom stereocenters. The van der Waals surface area contributed by atoms with Crippen molar-refractivity contribution in [3.8, 4) is 0 Å². The lowest BCUT2D eigenvalue weighted by molar-refractivity contribution is 0.640. The minimum absolute atomic E-state index is 0.509. The first-order valence-electron chi connectivity index (χ1n) is 4.94. The maximum Gasteiger partial charge on any atom is 0.0540 e. The summed E-state index contributed by atoms with van der Waals surface area (Å²) < 4.78 is 0. The topological polar surface area (TPSA) is 12.4 Å². The largest absolute Gasteiger partial charge is 0.286 e. The van der Waals surface area contributed by atoms with E-state index in [9.17, 15) is 0 Å². The lowest BCUT2D eigenvalue weighted by Gasteiger charge is -2.20. The monoisotopic (exact) mass is 173 g/mol. The van der Waals surface area contributed by atoms with Crippen LogP contribution in [-0.4, -0.2) is 11.8 Å². The van der Waals surface area contributed by atoms with Gasteiger partial charge in [0.25, 0.3) is 0 Å². The Morgan fingerprint density at radius 1 is 1.38 bits per heavy atom. The highest BCUT2D eigenvalue weighted by Gasteiger charge is 2.15. The lowest BCUT2D eigenvalue weighted by atomic mass is 9.93. The van der Waals surface area contributed by atoms with Crippen molar-refractivity contribution in [3.05, 3.63) is 35.4 Å². The molecular weight excluding hydrogens is 158 g/mol. The number of fused-ring (bicyclic) bond motifs is 1. The van der Waals surface area contributed by atoms with E-state index in [2.05, 4.69) is 43.1 Å². The Hall–Kier alpha value is -1.11. The molecule has 1 aliphatic heterocycles. The predicted molar refractivity (Wildman–Crippen MR) is 56.4 cm³/mol. The Bertz CT molecular complexity index is 339. The zero-order chi connectivity index (χ0) is 9.26. The van der Waals surface area contributed by atoms with Crippen LogP contribution in [0.2, 0.25) is 0 Å². The summed E-state index contributed by atoms with van der Waals surface area (Å²) in [7, 11) is 0. The minimum atomic E-state index is 0.509. The fourth-order valence-corrected chi connectivity index (χ4v) is 1.93. The molecule has 1 aromatic carbocycles. The van der Waals surface area contributed by atoms with E-state index in [0.29, 0.717) is 6.04 Å². The highest BCUT2D eigenvalue weighted by Crippen LogP contribution is 2.20. The summed E-state index contributed by atoms with van der Waals surface area (Å²) in [6.45, 7) is 4.32. The fraction of sp³-hybridized carbons (Fsp3) is 0.417. The predicted octanol–water partition coefficient (Wildman–Crippen LogP) is 2.83. The molecule has 0 fully saturated rings. The van der Waals surface area contributed by atoms with Crippen molar-refractivity contribution >= 4 is 5.71 Å². The molecule has 13 heavy (non-hydrogen) atoms. The first kappa shape index (κ1) is 8.49. The average Bonchev–Trinajstić information content (AvgIpc) is 2.18. The molecular formula is C12H15N. The van der Waals surface area contributed by atoms with Crippen molar-refractivity contribution in [2.24, 2.45) is 4.99 Å². The van der Waals surface area contributed by atoms with E-state index in [-0.39, 0.29) is 0 Å². The lowest BCUT2D eigenvalue weighted by Crippen LogP contribution is -2.18. The standard InChI is InChI=1S/C12H15N/c1-3-11-8-10-6-4-5-7-12(10)9(2)13-11/h4-7,11H,3,8H2,1-2H3. The van der Waals surface area contributed by atoms with Crippen LogP contribution in [0.4, 0.5) is 0 Å². The SMILES string of the molecule is CCC1Cc2ccccc2C(C)=N1. The van der Waals surface area contributed by atoms with Gasteiger partial charge in [0.1, 0.15) is 0 Å². The Labute approximate surface area is 79.5 Å². The third kappa shape index (κ3) is 1.51. The van der Waals surface area contributed by atoms with Crippen molar-refractivity contribution in [2.45, 2.75) is 32.7 Å². The maximum absolute atomic E-state index is 4.66. The molecule has 1 unspecified atom stereocenters. The van der Waals surface area contributed by atoms with E-state index in [0.717, 1.165) is 12.8 Å². The van der Waals surface area contributed by atoms with Crippen LogP contribution in [0.5, 0.6) is 0 Å². The van der Waals surface area contributed by atoms with Gasteiger partial charge in [0.2, 0.25) is 0 Å². The van der Waals surface area contributed by atoms with Gasteiger partial charge < -0.3 is 0 Å². The van der Waals surface area contributed by atoms with Gasteiger partial charge in [-0.2, -0.15) is 0 Å². The molecule has 1 aliphatic rings. The quantitative estimate of drug-likeness (QED) is 0.619. The second kappa shape index (κ2) is 3.33. The molecule has 1 aromatic rings. The van der Waals surface area contributed by atoms with Gasteiger partial charge in [0.15, 0.2) is 0 Å². The van der Waals surface area contributed by atoms with Crippen molar-refractivity contribution in [1.82, 2.24) is 0 Å². The molecule has 0 saturated heterocycles. The molecule has 68 valence electrons. The molecule has 1 heteroatoms. The van der Waals surface area contributed by atoms with E-state index >= 15 is 0 Å². The summed E-state index contributed by atoms with van der Waals surface area (Å²) in [5, 5.41) is 0. The van der Waals surface area contributed by atoms with Gasteiger partial charge in [-0.25, -0.2) is 0 Å². The molecule has 0 radical (unpaired) electrons. The van der Waals surface area contributed by atoms with Crippen LogP contribution < -0.4 is 0 Å². The van der Waals surface area contributed by atoms with Crippen LogP contribution in [-0.2, 0) is 6.42 Å². The Balaban J connectivity index is 2.42. The number of benzene rings is 1. The van der Waals surface area contributed by atoms with E-state index in [1.807, 2.05) is 0 Å². The second-order valence-electron chi connectivity index (χ2n) is 3.64. The molecule has 0 amide bonds. The van der Waals surface area contributed by atoms with Gasteiger partial charge >= 0.3 is 0 Å². The third-order valence-corrected chi connectivity index (χ3v) is 2.71. The van der Waals surface area contributed by atoms with E-state index in [1.165, 1.54) is 16.8 Å². The molecule has 1 nitrogen and oxygen atoms in total. The zero-order valence-corrected chi connectivity index (χ0v) is 8.25. The summed E-state index contributed by atoms with van der Waals surface area (Å²) in [5.74, 6) is 0. The van der Waals surface area contributed by atoms with Gasteiger partial charge in [-0.1, -0.05) is 31.2 Å². The van der Waals surface area contributed by atoms with Gasteiger partial charge in [0.05, 0.1) is 6.04 Å².